The van der Waals surface area contributed by atoms with Crippen molar-refractivity contribution in [3.8, 4) is 5.75 Å². The fourth-order valence-corrected chi connectivity index (χ4v) is 2.85. The maximum atomic E-state index is 12.3. The minimum atomic E-state index is -0.320. The van der Waals surface area contributed by atoms with Gasteiger partial charge in [-0.05, 0) is 44.0 Å². The highest BCUT2D eigenvalue weighted by molar-refractivity contribution is 5.95. The molecule has 1 unspecified atom stereocenters. The average molecular weight is 357 g/mol. The summed E-state index contributed by atoms with van der Waals surface area (Å²) in [7, 11) is 0. The first kappa shape index (κ1) is 19.0. The van der Waals surface area contributed by atoms with Crippen LogP contribution in [-0.4, -0.2) is 50.5 Å². The van der Waals surface area contributed by atoms with Crippen LogP contribution < -0.4 is 15.4 Å². The van der Waals surface area contributed by atoms with Crippen molar-refractivity contribution < 1.29 is 19.0 Å². The van der Waals surface area contributed by atoms with E-state index in [4.69, 9.17) is 14.2 Å². The number of hydrogen-bond acceptors (Lipinski definition) is 5. The number of ether oxygens (including phenoxy) is 3. The van der Waals surface area contributed by atoms with Crippen LogP contribution in [-0.2, 0) is 14.3 Å². The number of morpholine rings is 1. The number of carbonyl (C=O) groups excluding carboxylic acids is 1. The van der Waals surface area contributed by atoms with Gasteiger partial charge in [0, 0.05) is 18.8 Å². The first-order valence-corrected chi connectivity index (χ1v) is 8.23. The number of benzene rings is 1. The van der Waals surface area contributed by atoms with Gasteiger partial charge in [0.15, 0.2) is 0 Å². The zero-order valence-corrected chi connectivity index (χ0v) is 14.6. The van der Waals surface area contributed by atoms with Crippen molar-refractivity contribution in [3.63, 3.8) is 0 Å². The number of carbonyl (C=O) groups is 1. The smallest absolute Gasteiger partial charge is 0.244 e. The third-order valence-corrected chi connectivity index (χ3v) is 4.18. The molecule has 3 rings (SSSR count). The molecule has 0 aliphatic carbocycles. The molecule has 0 saturated carbocycles. The van der Waals surface area contributed by atoms with E-state index in [1.54, 1.807) is 0 Å². The molecule has 0 radical (unpaired) electrons. The van der Waals surface area contributed by atoms with Crippen LogP contribution in [0.15, 0.2) is 24.3 Å². The van der Waals surface area contributed by atoms with Gasteiger partial charge < -0.3 is 24.8 Å². The molecular formula is C17H25ClN2O4. The number of nitrogens with one attached hydrogen (secondary N) is 2. The lowest BCUT2D eigenvalue weighted by Gasteiger charge is -2.29. The van der Waals surface area contributed by atoms with Crippen molar-refractivity contribution in [2.45, 2.75) is 38.0 Å². The highest BCUT2D eigenvalue weighted by Crippen LogP contribution is 2.19. The Labute approximate surface area is 148 Å². The standard InChI is InChI=1S/C17H24N2O4.ClH/c1-12-16(18-8-10-21-12)17(20)19-13-4-6-14(7-5-13)23-11-15-3-2-9-22-15;/h4-7,12,15-16,18H,2-3,8-11H2,1H3,(H,19,20);1H/t12-,15?,16+;/m1./s1. The van der Waals surface area contributed by atoms with Gasteiger partial charge in [-0.15, -0.1) is 12.4 Å². The van der Waals surface area contributed by atoms with Gasteiger partial charge in [0.05, 0.1) is 18.8 Å². The van der Waals surface area contributed by atoms with Crippen molar-refractivity contribution in [2.75, 3.05) is 31.7 Å². The number of rotatable bonds is 5. The Balaban J connectivity index is 0.00000208. The van der Waals surface area contributed by atoms with E-state index in [-0.39, 0.29) is 36.6 Å². The molecule has 0 bridgehead atoms. The monoisotopic (exact) mass is 356 g/mol. The van der Waals surface area contributed by atoms with Gasteiger partial charge in [-0.25, -0.2) is 0 Å². The van der Waals surface area contributed by atoms with Crippen LogP contribution in [0, 0.1) is 0 Å². The lowest BCUT2D eigenvalue weighted by Crippen LogP contribution is -2.53. The van der Waals surface area contributed by atoms with Crippen molar-refractivity contribution in [2.24, 2.45) is 0 Å². The minimum absolute atomic E-state index is 0. The van der Waals surface area contributed by atoms with Gasteiger partial charge >= 0.3 is 0 Å². The second-order valence-electron chi connectivity index (χ2n) is 5.97. The Morgan fingerprint density at radius 3 is 2.75 bits per heavy atom. The van der Waals surface area contributed by atoms with Crippen molar-refractivity contribution >= 4 is 24.0 Å². The highest BCUT2D eigenvalue weighted by Gasteiger charge is 2.28. The summed E-state index contributed by atoms with van der Waals surface area (Å²) in [6.07, 6.45) is 2.24. The molecule has 1 aromatic carbocycles. The van der Waals surface area contributed by atoms with E-state index in [9.17, 15) is 4.79 Å². The lowest BCUT2D eigenvalue weighted by atomic mass is 10.1. The molecule has 2 saturated heterocycles. The van der Waals surface area contributed by atoms with Crippen LogP contribution in [0.5, 0.6) is 5.75 Å². The zero-order valence-electron chi connectivity index (χ0n) is 13.8. The zero-order chi connectivity index (χ0) is 16.1. The molecule has 6 nitrogen and oxygen atoms in total. The summed E-state index contributed by atoms with van der Waals surface area (Å²) in [6.45, 7) is 4.64. The fourth-order valence-electron chi connectivity index (χ4n) is 2.85. The fraction of sp³-hybridized carbons (Fsp3) is 0.588. The maximum absolute atomic E-state index is 12.3. The van der Waals surface area contributed by atoms with E-state index >= 15 is 0 Å². The third kappa shape index (κ3) is 5.08. The molecule has 2 fully saturated rings. The van der Waals surface area contributed by atoms with Gasteiger partial charge in [-0.2, -0.15) is 0 Å². The number of halogens is 1. The molecule has 2 aliphatic heterocycles. The minimum Gasteiger partial charge on any atom is -0.491 e. The van der Waals surface area contributed by atoms with E-state index in [0.717, 1.165) is 30.9 Å². The van der Waals surface area contributed by atoms with Crippen molar-refractivity contribution in [1.82, 2.24) is 5.32 Å². The summed E-state index contributed by atoms with van der Waals surface area (Å²) < 4.78 is 16.7. The van der Waals surface area contributed by atoms with E-state index in [0.29, 0.717) is 19.8 Å². The summed E-state index contributed by atoms with van der Waals surface area (Å²) in [6, 6.07) is 7.09. The van der Waals surface area contributed by atoms with Gasteiger partial charge in [0.2, 0.25) is 5.91 Å². The molecule has 2 N–H and O–H groups in total. The van der Waals surface area contributed by atoms with Crippen LogP contribution in [0.4, 0.5) is 5.69 Å². The molecule has 0 aromatic heterocycles. The number of amides is 1. The van der Waals surface area contributed by atoms with E-state index in [2.05, 4.69) is 10.6 Å². The lowest BCUT2D eigenvalue weighted by molar-refractivity contribution is -0.123. The second-order valence-corrected chi connectivity index (χ2v) is 5.97. The predicted octanol–water partition coefficient (Wildman–Crippen LogP) is 1.98. The van der Waals surface area contributed by atoms with E-state index in [1.165, 1.54) is 0 Å². The van der Waals surface area contributed by atoms with Crippen LogP contribution in [0.1, 0.15) is 19.8 Å². The number of hydrogen-bond donors (Lipinski definition) is 2. The topological polar surface area (TPSA) is 68.8 Å². The third-order valence-electron chi connectivity index (χ3n) is 4.18. The molecule has 134 valence electrons. The second kappa shape index (κ2) is 9.22. The van der Waals surface area contributed by atoms with Gasteiger partial charge in [-0.1, -0.05) is 0 Å². The largest absolute Gasteiger partial charge is 0.491 e. The Hall–Kier alpha value is -1.34. The van der Waals surface area contributed by atoms with Gasteiger partial charge in [0.25, 0.3) is 0 Å². The molecule has 2 aliphatic rings. The van der Waals surface area contributed by atoms with Crippen LogP contribution in [0.25, 0.3) is 0 Å². The highest BCUT2D eigenvalue weighted by atomic mass is 35.5. The summed E-state index contributed by atoms with van der Waals surface area (Å²) in [5.74, 6) is 0.705. The molecule has 1 amide bonds. The summed E-state index contributed by atoms with van der Waals surface area (Å²) >= 11 is 0. The first-order chi connectivity index (χ1) is 11.2. The normalized spacial score (nSPS) is 26.5. The molecule has 24 heavy (non-hydrogen) atoms. The summed E-state index contributed by atoms with van der Waals surface area (Å²) in [5.41, 5.74) is 0.749. The summed E-state index contributed by atoms with van der Waals surface area (Å²) in [5, 5.41) is 6.08. The average Bonchev–Trinajstić information content (AvgIpc) is 3.08. The molecular weight excluding hydrogens is 332 g/mol. The molecule has 2 heterocycles. The van der Waals surface area contributed by atoms with Crippen LogP contribution >= 0.6 is 12.4 Å². The first-order valence-electron chi connectivity index (χ1n) is 8.23. The van der Waals surface area contributed by atoms with E-state index in [1.807, 2.05) is 31.2 Å². The summed E-state index contributed by atoms with van der Waals surface area (Å²) in [4.78, 5) is 12.3. The Morgan fingerprint density at radius 2 is 2.08 bits per heavy atom. The molecule has 3 atom stereocenters. The van der Waals surface area contributed by atoms with Gasteiger partial charge in [-0.3, -0.25) is 4.79 Å². The van der Waals surface area contributed by atoms with Crippen molar-refractivity contribution in [3.05, 3.63) is 24.3 Å². The SMILES string of the molecule is C[C@H]1OCCN[C@@H]1C(=O)Nc1ccc(OCC2CCCO2)cc1.Cl. The predicted molar refractivity (Wildman–Crippen MR) is 94.0 cm³/mol. The Kier molecular flexibility index (Phi) is 7.30. The molecule has 0 spiro atoms. The molecule has 7 heteroatoms. The van der Waals surface area contributed by atoms with E-state index < -0.39 is 0 Å². The maximum Gasteiger partial charge on any atom is 0.244 e. The van der Waals surface area contributed by atoms with Crippen LogP contribution in [0.3, 0.4) is 0 Å². The van der Waals surface area contributed by atoms with Gasteiger partial charge in [0.1, 0.15) is 18.4 Å². The Bertz CT molecular complexity index is 520. The van der Waals surface area contributed by atoms with Crippen molar-refractivity contribution in [1.29, 1.82) is 0 Å². The molecule has 1 aromatic rings. The Morgan fingerprint density at radius 1 is 1.29 bits per heavy atom. The quantitative estimate of drug-likeness (QED) is 0.844. The van der Waals surface area contributed by atoms with Crippen LogP contribution in [0.2, 0.25) is 0 Å². The number of anilines is 1.